The Labute approximate surface area is 175 Å². The summed E-state index contributed by atoms with van der Waals surface area (Å²) in [4.78, 5) is 14.4. The predicted octanol–water partition coefficient (Wildman–Crippen LogP) is 5.22. The van der Waals surface area contributed by atoms with Crippen LogP contribution in [0.1, 0.15) is 82.8 Å². The van der Waals surface area contributed by atoms with E-state index in [4.69, 9.17) is 9.47 Å². The summed E-state index contributed by atoms with van der Waals surface area (Å²) < 4.78 is 11.2. The number of hydrogen-bond acceptors (Lipinski definition) is 4. The van der Waals surface area contributed by atoms with Crippen LogP contribution < -0.4 is 4.74 Å². The van der Waals surface area contributed by atoms with Crippen molar-refractivity contribution in [2.24, 2.45) is 5.41 Å². The number of likely N-dealkylation sites (N-methyl/N-ethyl adjacent to an activating group) is 1. The first-order chi connectivity index (χ1) is 14.0. The number of rotatable bonds is 7. The SMILES string of the molecule is CCCCCC(=O)OCOc1ccc2c(c1)[C@]13CCCC[C@]1(C)[C@H](C2)N(C)CC3. The molecule has 4 nitrogen and oxygen atoms in total. The maximum absolute atomic E-state index is 11.8. The highest BCUT2D eigenvalue weighted by Crippen LogP contribution is 2.62. The Bertz CT molecular complexity index is 748. The van der Waals surface area contributed by atoms with Crippen molar-refractivity contribution in [1.82, 2.24) is 4.90 Å². The van der Waals surface area contributed by atoms with Crippen molar-refractivity contribution in [1.29, 1.82) is 0 Å². The Hall–Kier alpha value is -1.55. The number of nitrogens with zero attached hydrogens (tertiary/aromatic N) is 1. The summed E-state index contributed by atoms with van der Waals surface area (Å²) in [6.07, 6.45) is 11.2. The van der Waals surface area contributed by atoms with E-state index in [9.17, 15) is 4.79 Å². The molecule has 4 heteroatoms. The van der Waals surface area contributed by atoms with Crippen LogP contribution in [0.5, 0.6) is 5.75 Å². The van der Waals surface area contributed by atoms with Gasteiger partial charge in [-0.3, -0.25) is 4.79 Å². The van der Waals surface area contributed by atoms with Crippen molar-refractivity contribution in [3.63, 3.8) is 0 Å². The number of unbranched alkanes of at least 4 members (excludes halogenated alkanes) is 2. The molecule has 1 saturated heterocycles. The molecule has 0 spiro atoms. The highest BCUT2D eigenvalue weighted by atomic mass is 16.7. The largest absolute Gasteiger partial charge is 0.457 e. The molecule has 2 bridgehead atoms. The summed E-state index contributed by atoms with van der Waals surface area (Å²) in [6, 6.07) is 7.22. The molecule has 160 valence electrons. The zero-order valence-electron chi connectivity index (χ0n) is 18.5. The lowest BCUT2D eigenvalue weighted by Crippen LogP contribution is -2.66. The van der Waals surface area contributed by atoms with Crippen LogP contribution in [-0.2, 0) is 21.4 Å². The summed E-state index contributed by atoms with van der Waals surface area (Å²) in [5.74, 6) is 0.679. The zero-order chi connectivity index (χ0) is 20.5. The van der Waals surface area contributed by atoms with E-state index in [-0.39, 0.29) is 18.2 Å². The minimum absolute atomic E-state index is 0.0133. The van der Waals surface area contributed by atoms with Crippen LogP contribution >= 0.6 is 0 Å². The molecule has 0 radical (unpaired) electrons. The highest BCUT2D eigenvalue weighted by Gasteiger charge is 2.60. The quantitative estimate of drug-likeness (QED) is 0.358. The Balaban J connectivity index is 1.50. The lowest BCUT2D eigenvalue weighted by Gasteiger charge is -2.65. The molecule has 1 aromatic rings. The average molecular weight is 400 g/mol. The van der Waals surface area contributed by atoms with Crippen molar-refractivity contribution >= 4 is 5.97 Å². The van der Waals surface area contributed by atoms with Gasteiger partial charge in [0.25, 0.3) is 0 Å². The molecular weight excluding hydrogens is 362 g/mol. The highest BCUT2D eigenvalue weighted by molar-refractivity contribution is 5.69. The van der Waals surface area contributed by atoms with Gasteiger partial charge in [-0.25, -0.2) is 0 Å². The lowest BCUT2D eigenvalue weighted by atomic mass is 9.45. The fourth-order valence-electron chi connectivity index (χ4n) is 6.54. The molecule has 0 N–H and O–H groups in total. The molecule has 3 aliphatic rings. The van der Waals surface area contributed by atoms with E-state index in [1.54, 1.807) is 0 Å². The first kappa shape index (κ1) is 20.7. The first-order valence-electron chi connectivity index (χ1n) is 11.6. The fourth-order valence-corrected chi connectivity index (χ4v) is 6.54. The third-order valence-corrected chi connectivity index (χ3v) is 8.24. The number of fused-ring (bicyclic) bond motifs is 1. The monoisotopic (exact) mass is 399 g/mol. The molecule has 29 heavy (non-hydrogen) atoms. The Kier molecular flexibility index (Phi) is 5.92. The van der Waals surface area contributed by atoms with E-state index in [1.165, 1.54) is 49.8 Å². The number of hydrogen-bond donors (Lipinski definition) is 0. The van der Waals surface area contributed by atoms with Gasteiger partial charge in [-0.05, 0) is 74.4 Å². The van der Waals surface area contributed by atoms with E-state index < -0.39 is 0 Å². The van der Waals surface area contributed by atoms with Gasteiger partial charge in [-0.1, -0.05) is 45.6 Å². The van der Waals surface area contributed by atoms with Crippen LogP contribution in [0.3, 0.4) is 0 Å². The molecule has 3 atom stereocenters. The van der Waals surface area contributed by atoms with Gasteiger partial charge in [0.05, 0.1) is 0 Å². The molecule has 0 aromatic heterocycles. The molecule has 1 aromatic carbocycles. The molecule has 2 fully saturated rings. The van der Waals surface area contributed by atoms with Crippen molar-refractivity contribution in [2.45, 2.75) is 89.5 Å². The number of ether oxygens (including phenoxy) is 2. The van der Waals surface area contributed by atoms with Crippen LogP contribution in [0.15, 0.2) is 18.2 Å². The van der Waals surface area contributed by atoms with E-state index in [2.05, 4.69) is 44.0 Å². The van der Waals surface area contributed by atoms with Crippen LogP contribution in [0.2, 0.25) is 0 Å². The van der Waals surface area contributed by atoms with Gasteiger partial charge in [0.1, 0.15) is 5.75 Å². The number of likely N-dealkylation sites (tertiary alicyclic amines) is 1. The minimum atomic E-state index is -0.159. The first-order valence-corrected chi connectivity index (χ1v) is 11.6. The summed E-state index contributed by atoms with van der Waals surface area (Å²) >= 11 is 0. The van der Waals surface area contributed by atoms with E-state index in [0.29, 0.717) is 17.9 Å². The van der Waals surface area contributed by atoms with Crippen LogP contribution in [0.4, 0.5) is 0 Å². The van der Waals surface area contributed by atoms with Crippen molar-refractivity contribution in [3.8, 4) is 5.75 Å². The second-order valence-corrected chi connectivity index (χ2v) is 9.71. The lowest BCUT2D eigenvalue weighted by molar-refractivity contribution is -0.150. The van der Waals surface area contributed by atoms with Crippen molar-refractivity contribution < 1.29 is 14.3 Å². The second kappa shape index (κ2) is 8.29. The predicted molar refractivity (Wildman–Crippen MR) is 115 cm³/mol. The molecule has 2 aliphatic carbocycles. The van der Waals surface area contributed by atoms with Gasteiger partial charge < -0.3 is 14.4 Å². The molecule has 1 saturated carbocycles. The van der Waals surface area contributed by atoms with Crippen LogP contribution in [0, 0.1) is 5.41 Å². The number of benzene rings is 1. The zero-order valence-corrected chi connectivity index (χ0v) is 18.5. The van der Waals surface area contributed by atoms with E-state index in [1.807, 2.05) is 0 Å². The Morgan fingerprint density at radius 2 is 2.03 bits per heavy atom. The van der Waals surface area contributed by atoms with Gasteiger partial charge >= 0.3 is 5.97 Å². The number of esters is 1. The molecule has 4 rings (SSSR count). The average Bonchev–Trinajstić information content (AvgIpc) is 2.71. The molecule has 1 heterocycles. The van der Waals surface area contributed by atoms with Crippen molar-refractivity contribution in [3.05, 3.63) is 29.3 Å². The van der Waals surface area contributed by atoms with E-state index >= 15 is 0 Å². The standard InChI is InChI=1S/C25H37NO3/c1-4-5-6-9-23(27)29-18-28-20-11-10-19-16-22-24(2)12-7-8-13-25(24,21(19)17-20)14-15-26(22)3/h10-11,17,22H,4-9,12-16,18H2,1-3H3/t22-,24+,25+/m0/s1. The molecular formula is C25H37NO3. The van der Waals surface area contributed by atoms with Gasteiger partial charge in [-0.2, -0.15) is 0 Å². The van der Waals surface area contributed by atoms with Crippen LogP contribution in [0.25, 0.3) is 0 Å². The molecule has 1 aliphatic heterocycles. The maximum Gasteiger partial charge on any atom is 0.308 e. The molecule has 0 unspecified atom stereocenters. The van der Waals surface area contributed by atoms with Gasteiger partial charge in [0.2, 0.25) is 6.79 Å². The van der Waals surface area contributed by atoms with E-state index in [0.717, 1.165) is 31.4 Å². The Morgan fingerprint density at radius 1 is 1.21 bits per heavy atom. The third kappa shape index (κ3) is 3.58. The van der Waals surface area contributed by atoms with Gasteiger partial charge in [0, 0.05) is 17.9 Å². The fraction of sp³-hybridized carbons (Fsp3) is 0.720. The Morgan fingerprint density at radius 3 is 2.86 bits per heavy atom. The second-order valence-electron chi connectivity index (χ2n) is 9.71. The summed E-state index contributed by atoms with van der Waals surface area (Å²) in [7, 11) is 2.31. The number of carbonyl (C=O) groups excluding carboxylic acids is 1. The number of carbonyl (C=O) groups is 1. The minimum Gasteiger partial charge on any atom is -0.457 e. The summed E-state index contributed by atoms with van der Waals surface area (Å²) in [6.45, 7) is 5.87. The smallest absolute Gasteiger partial charge is 0.308 e. The number of piperidine rings is 1. The normalized spacial score (nSPS) is 30.9. The topological polar surface area (TPSA) is 38.8 Å². The van der Waals surface area contributed by atoms with Crippen molar-refractivity contribution in [2.75, 3.05) is 20.4 Å². The maximum atomic E-state index is 11.8. The molecule has 0 amide bonds. The summed E-state index contributed by atoms with van der Waals surface area (Å²) in [5.41, 5.74) is 3.61. The van der Waals surface area contributed by atoms with Gasteiger partial charge in [-0.15, -0.1) is 0 Å². The van der Waals surface area contributed by atoms with Crippen LogP contribution in [-0.4, -0.2) is 37.3 Å². The summed E-state index contributed by atoms with van der Waals surface area (Å²) in [5, 5.41) is 0. The third-order valence-electron chi connectivity index (χ3n) is 8.24. The van der Waals surface area contributed by atoms with Gasteiger partial charge in [0.15, 0.2) is 0 Å².